The van der Waals surface area contributed by atoms with E-state index in [1.165, 1.54) is 0 Å². The Morgan fingerprint density at radius 1 is 1.41 bits per heavy atom. The van der Waals surface area contributed by atoms with Gasteiger partial charge >= 0.3 is 0 Å². The summed E-state index contributed by atoms with van der Waals surface area (Å²) in [5.74, 6) is 0.361. The molecule has 2 saturated heterocycles. The van der Waals surface area contributed by atoms with Crippen molar-refractivity contribution in [2.75, 3.05) is 19.8 Å². The maximum absolute atomic E-state index is 10.5. The number of aliphatic hydroxyl groups excluding tert-OH is 1. The third-order valence-electron chi connectivity index (χ3n) is 4.76. The predicted octanol–water partition coefficient (Wildman–Crippen LogP) is 2.37. The number of rotatable bonds is 3. The molecule has 2 rings (SSSR count). The van der Waals surface area contributed by atoms with Crippen LogP contribution < -0.4 is 0 Å². The van der Waals surface area contributed by atoms with Crippen LogP contribution in [0.1, 0.15) is 46.5 Å². The molecular weight excluding hydrogens is 216 g/mol. The first-order chi connectivity index (χ1) is 7.99. The van der Waals surface area contributed by atoms with E-state index in [1.54, 1.807) is 0 Å². The van der Waals surface area contributed by atoms with Gasteiger partial charge in [0.15, 0.2) is 0 Å². The van der Waals surface area contributed by atoms with Crippen molar-refractivity contribution in [3.8, 4) is 0 Å². The fraction of sp³-hybridized carbons (Fsp3) is 1.00. The van der Waals surface area contributed by atoms with Crippen LogP contribution in [-0.2, 0) is 9.47 Å². The van der Waals surface area contributed by atoms with Crippen LogP contribution in [0.4, 0.5) is 0 Å². The number of aliphatic hydroxyl groups is 1. The highest BCUT2D eigenvalue weighted by atomic mass is 16.6. The monoisotopic (exact) mass is 242 g/mol. The van der Waals surface area contributed by atoms with E-state index < -0.39 is 0 Å². The van der Waals surface area contributed by atoms with Crippen molar-refractivity contribution >= 4 is 0 Å². The summed E-state index contributed by atoms with van der Waals surface area (Å²) < 4.78 is 11.4. The second kappa shape index (κ2) is 4.87. The number of hydrogen-bond acceptors (Lipinski definition) is 3. The summed E-state index contributed by atoms with van der Waals surface area (Å²) in [6.45, 7) is 8.75. The molecule has 2 aliphatic heterocycles. The van der Waals surface area contributed by atoms with Crippen LogP contribution in [0, 0.1) is 11.3 Å². The first kappa shape index (κ1) is 13.3. The van der Waals surface area contributed by atoms with Gasteiger partial charge in [0.2, 0.25) is 0 Å². The third-order valence-corrected chi connectivity index (χ3v) is 4.76. The van der Waals surface area contributed by atoms with E-state index in [9.17, 15) is 5.11 Å². The molecule has 0 radical (unpaired) electrons. The zero-order chi connectivity index (χ0) is 12.5. The molecule has 3 nitrogen and oxygen atoms in total. The first-order valence-electron chi connectivity index (χ1n) is 6.89. The summed E-state index contributed by atoms with van der Waals surface area (Å²) in [6.07, 6.45) is 3.70. The molecule has 0 bridgehead atoms. The lowest BCUT2D eigenvalue weighted by Crippen LogP contribution is -2.47. The molecule has 17 heavy (non-hydrogen) atoms. The van der Waals surface area contributed by atoms with Gasteiger partial charge in [-0.2, -0.15) is 0 Å². The highest BCUT2D eigenvalue weighted by Gasteiger charge is 2.45. The first-order valence-corrected chi connectivity index (χ1v) is 6.89. The van der Waals surface area contributed by atoms with Crippen molar-refractivity contribution < 1.29 is 14.6 Å². The predicted molar refractivity (Wildman–Crippen MR) is 66.9 cm³/mol. The minimum Gasteiger partial charge on any atom is -0.392 e. The third kappa shape index (κ3) is 2.67. The van der Waals surface area contributed by atoms with Gasteiger partial charge in [-0.05, 0) is 30.6 Å². The van der Waals surface area contributed by atoms with E-state index in [1.807, 2.05) is 0 Å². The Kier molecular flexibility index (Phi) is 3.81. The van der Waals surface area contributed by atoms with Crippen LogP contribution in [-0.4, -0.2) is 36.6 Å². The van der Waals surface area contributed by atoms with Crippen LogP contribution in [0.2, 0.25) is 0 Å². The molecule has 3 heteroatoms. The molecule has 1 spiro atoms. The standard InChI is InChI=1S/C14H26O3/c1-4-13(2,3)12(15)11-5-7-17-14(9-11)6-8-16-10-14/h11-12,15H,4-10H2,1-3H3. The van der Waals surface area contributed by atoms with Gasteiger partial charge in [-0.15, -0.1) is 0 Å². The van der Waals surface area contributed by atoms with Gasteiger partial charge in [0.1, 0.15) is 0 Å². The average molecular weight is 242 g/mol. The van der Waals surface area contributed by atoms with E-state index >= 15 is 0 Å². The molecule has 0 aromatic rings. The topological polar surface area (TPSA) is 38.7 Å². The number of hydrogen-bond donors (Lipinski definition) is 1. The largest absolute Gasteiger partial charge is 0.392 e. The molecule has 2 heterocycles. The summed E-state index contributed by atoms with van der Waals surface area (Å²) >= 11 is 0. The summed E-state index contributed by atoms with van der Waals surface area (Å²) in [6, 6.07) is 0. The molecule has 100 valence electrons. The van der Waals surface area contributed by atoms with E-state index in [-0.39, 0.29) is 17.1 Å². The molecule has 0 aromatic heterocycles. The van der Waals surface area contributed by atoms with Gasteiger partial charge in [0.25, 0.3) is 0 Å². The molecule has 2 fully saturated rings. The second-order valence-corrected chi connectivity index (χ2v) is 6.37. The minimum absolute atomic E-state index is 0.00264. The summed E-state index contributed by atoms with van der Waals surface area (Å²) in [5.41, 5.74) is -0.0869. The zero-order valence-corrected chi connectivity index (χ0v) is 11.4. The van der Waals surface area contributed by atoms with Crippen LogP contribution in [0.5, 0.6) is 0 Å². The Balaban J connectivity index is 2.02. The van der Waals surface area contributed by atoms with Crippen molar-refractivity contribution in [2.24, 2.45) is 11.3 Å². The lowest BCUT2D eigenvalue weighted by atomic mass is 9.72. The van der Waals surface area contributed by atoms with Crippen LogP contribution in [0.3, 0.4) is 0 Å². The van der Waals surface area contributed by atoms with Crippen molar-refractivity contribution in [1.29, 1.82) is 0 Å². The van der Waals surface area contributed by atoms with Gasteiger partial charge < -0.3 is 14.6 Å². The molecule has 3 atom stereocenters. The Labute approximate surface area is 104 Å². The highest BCUT2D eigenvalue weighted by molar-refractivity contribution is 4.94. The molecule has 3 unspecified atom stereocenters. The highest BCUT2D eigenvalue weighted by Crippen LogP contribution is 2.41. The lowest BCUT2D eigenvalue weighted by molar-refractivity contribution is -0.131. The van der Waals surface area contributed by atoms with Crippen molar-refractivity contribution in [1.82, 2.24) is 0 Å². The van der Waals surface area contributed by atoms with Gasteiger partial charge in [0, 0.05) is 19.6 Å². The zero-order valence-electron chi connectivity index (χ0n) is 11.4. The van der Waals surface area contributed by atoms with Crippen molar-refractivity contribution in [2.45, 2.75) is 58.2 Å². The smallest absolute Gasteiger partial charge is 0.0940 e. The second-order valence-electron chi connectivity index (χ2n) is 6.37. The fourth-order valence-corrected chi connectivity index (χ4v) is 3.05. The van der Waals surface area contributed by atoms with Crippen molar-refractivity contribution in [3.63, 3.8) is 0 Å². The fourth-order valence-electron chi connectivity index (χ4n) is 3.05. The summed E-state index contributed by atoms with van der Waals surface area (Å²) in [5, 5.41) is 10.5. The Morgan fingerprint density at radius 2 is 2.18 bits per heavy atom. The Bertz CT molecular complexity index is 256. The van der Waals surface area contributed by atoms with E-state index in [0.717, 1.165) is 38.9 Å². The molecule has 0 aromatic carbocycles. The number of ether oxygens (including phenoxy) is 2. The molecule has 0 aliphatic carbocycles. The normalized spacial score (nSPS) is 36.4. The van der Waals surface area contributed by atoms with Gasteiger partial charge in [-0.3, -0.25) is 0 Å². The Hall–Kier alpha value is -0.120. The summed E-state index contributed by atoms with van der Waals surface area (Å²) in [7, 11) is 0. The van der Waals surface area contributed by atoms with Gasteiger partial charge in [-0.1, -0.05) is 20.8 Å². The SMILES string of the molecule is CCC(C)(C)C(O)C1CCOC2(CCOC2)C1. The maximum Gasteiger partial charge on any atom is 0.0940 e. The van der Waals surface area contributed by atoms with Crippen LogP contribution in [0.25, 0.3) is 0 Å². The van der Waals surface area contributed by atoms with Crippen LogP contribution >= 0.6 is 0 Å². The molecule has 2 aliphatic rings. The molecule has 0 amide bonds. The van der Waals surface area contributed by atoms with E-state index in [4.69, 9.17) is 9.47 Å². The Morgan fingerprint density at radius 3 is 2.76 bits per heavy atom. The lowest BCUT2D eigenvalue weighted by Gasteiger charge is -2.43. The quantitative estimate of drug-likeness (QED) is 0.825. The molecule has 1 N–H and O–H groups in total. The van der Waals surface area contributed by atoms with E-state index in [2.05, 4.69) is 20.8 Å². The molecular formula is C14H26O3. The molecule has 0 saturated carbocycles. The summed E-state index contributed by atoms with van der Waals surface area (Å²) in [4.78, 5) is 0. The average Bonchev–Trinajstić information content (AvgIpc) is 2.76. The minimum atomic E-state index is -0.228. The van der Waals surface area contributed by atoms with Crippen LogP contribution in [0.15, 0.2) is 0 Å². The van der Waals surface area contributed by atoms with Gasteiger partial charge in [0.05, 0.1) is 18.3 Å². The maximum atomic E-state index is 10.5. The van der Waals surface area contributed by atoms with Gasteiger partial charge in [-0.25, -0.2) is 0 Å². The van der Waals surface area contributed by atoms with E-state index in [0.29, 0.717) is 12.5 Å². The van der Waals surface area contributed by atoms with Crippen molar-refractivity contribution in [3.05, 3.63) is 0 Å².